The summed E-state index contributed by atoms with van der Waals surface area (Å²) < 4.78 is 8.24. The second kappa shape index (κ2) is 11.8. The average molecular weight is 587 g/mol. The number of thioether (sulfide) groups is 1. The highest BCUT2D eigenvalue weighted by Crippen LogP contribution is 2.31. The van der Waals surface area contributed by atoms with Gasteiger partial charge in [-0.1, -0.05) is 57.5 Å². The molecule has 0 aliphatic heterocycles. The SMILES string of the molecule is COc1cccc(CSc2nnc(C(C)NC(=O)Nc3ccc(Br)cc3)n2-c2cc(Cl)ccc2C)c1. The number of benzene rings is 3. The molecule has 2 amide bonds. The zero-order valence-corrected chi connectivity index (χ0v) is 23.1. The summed E-state index contributed by atoms with van der Waals surface area (Å²) in [5.74, 6) is 2.07. The van der Waals surface area contributed by atoms with Gasteiger partial charge in [0, 0.05) is 20.9 Å². The van der Waals surface area contributed by atoms with Gasteiger partial charge in [-0.15, -0.1) is 10.2 Å². The lowest BCUT2D eigenvalue weighted by Crippen LogP contribution is -2.32. The molecular formula is C26H25BrClN5O2S. The number of amides is 2. The third-order valence-electron chi connectivity index (χ3n) is 5.41. The normalized spacial score (nSPS) is 11.7. The van der Waals surface area contributed by atoms with E-state index in [0.717, 1.165) is 27.0 Å². The molecule has 0 radical (unpaired) electrons. The lowest BCUT2D eigenvalue weighted by Gasteiger charge is -2.18. The molecule has 7 nitrogen and oxygen atoms in total. The first-order chi connectivity index (χ1) is 17.3. The van der Waals surface area contributed by atoms with E-state index < -0.39 is 6.04 Å². The smallest absolute Gasteiger partial charge is 0.319 e. The lowest BCUT2D eigenvalue weighted by molar-refractivity contribution is 0.249. The first-order valence-corrected chi connectivity index (χ1v) is 13.3. The number of carbonyl (C=O) groups excluding carboxylic acids is 1. The molecule has 3 aromatic carbocycles. The third-order valence-corrected chi connectivity index (χ3v) is 7.17. The summed E-state index contributed by atoms with van der Waals surface area (Å²) in [6.07, 6.45) is 0. The fraction of sp³-hybridized carbons (Fsp3) is 0.192. The largest absolute Gasteiger partial charge is 0.497 e. The number of nitrogens with one attached hydrogen (secondary N) is 2. The van der Waals surface area contributed by atoms with Gasteiger partial charge in [0.2, 0.25) is 0 Å². The molecule has 0 aliphatic rings. The molecule has 0 fully saturated rings. The number of aromatic nitrogens is 3. The molecular weight excluding hydrogens is 562 g/mol. The predicted molar refractivity (Wildman–Crippen MR) is 148 cm³/mol. The van der Waals surface area contributed by atoms with Crippen molar-refractivity contribution in [2.24, 2.45) is 0 Å². The van der Waals surface area contributed by atoms with Crippen molar-refractivity contribution in [1.29, 1.82) is 0 Å². The molecule has 1 heterocycles. The van der Waals surface area contributed by atoms with Crippen molar-refractivity contribution < 1.29 is 9.53 Å². The Morgan fingerprint density at radius 3 is 2.67 bits per heavy atom. The molecule has 1 aromatic heterocycles. The first-order valence-electron chi connectivity index (χ1n) is 11.1. The van der Waals surface area contributed by atoms with E-state index in [4.69, 9.17) is 16.3 Å². The Morgan fingerprint density at radius 2 is 1.92 bits per heavy atom. The molecule has 10 heteroatoms. The van der Waals surface area contributed by atoms with Crippen LogP contribution in [-0.4, -0.2) is 27.9 Å². The van der Waals surface area contributed by atoms with Crippen LogP contribution in [0, 0.1) is 6.92 Å². The van der Waals surface area contributed by atoms with E-state index >= 15 is 0 Å². The van der Waals surface area contributed by atoms with Crippen LogP contribution in [0.2, 0.25) is 5.02 Å². The first kappa shape index (κ1) is 26.1. The second-order valence-corrected chi connectivity index (χ2v) is 10.4. The molecule has 0 aliphatic carbocycles. The fourth-order valence-corrected chi connectivity index (χ4v) is 4.90. The third kappa shape index (κ3) is 6.40. The lowest BCUT2D eigenvalue weighted by atomic mass is 10.2. The van der Waals surface area contributed by atoms with Gasteiger partial charge in [-0.2, -0.15) is 0 Å². The number of anilines is 1. The molecule has 36 heavy (non-hydrogen) atoms. The van der Waals surface area contributed by atoms with Crippen LogP contribution in [0.25, 0.3) is 5.69 Å². The molecule has 0 bridgehead atoms. The van der Waals surface area contributed by atoms with Gasteiger partial charge in [0.15, 0.2) is 11.0 Å². The molecule has 0 saturated carbocycles. The van der Waals surface area contributed by atoms with E-state index in [1.54, 1.807) is 18.9 Å². The minimum atomic E-state index is -0.433. The highest BCUT2D eigenvalue weighted by Gasteiger charge is 2.22. The van der Waals surface area contributed by atoms with Gasteiger partial charge in [-0.05, 0) is 73.5 Å². The van der Waals surface area contributed by atoms with Gasteiger partial charge in [0.1, 0.15) is 5.75 Å². The van der Waals surface area contributed by atoms with Crippen molar-refractivity contribution in [3.8, 4) is 11.4 Å². The summed E-state index contributed by atoms with van der Waals surface area (Å²) in [6.45, 7) is 3.88. The van der Waals surface area contributed by atoms with Crippen LogP contribution in [-0.2, 0) is 5.75 Å². The van der Waals surface area contributed by atoms with Gasteiger partial charge in [0.05, 0.1) is 18.8 Å². The Morgan fingerprint density at radius 1 is 1.14 bits per heavy atom. The number of nitrogens with zero attached hydrogens (tertiary/aromatic N) is 3. The maximum Gasteiger partial charge on any atom is 0.319 e. The minimum Gasteiger partial charge on any atom is -0.497 e. The summed E-state index contributed by atoms with van der Waals surface area (Å²) >= 11 is 11.3. The van der Waals surface area contributed by atoms with Gasteiger partial charge in [-0.3, -0.25) is 4.57 Å². The molecule has 4 rings (SSSR count). The zero-order chi connectivity index (χ0) is 25.7. The number of urea groups is 1. The number of ether oxygens (including phenoxy) is 1. The van der Waals surface area contributed by atoms with Crippen LogP contribution >= 0.6 is 39.3 Å². The Bertz CT molecular complexity index is 1360. The van der Waals surface area contributed by atoms with Crippen LogP contribution in [0.15, 0.2) is 76.4 Å². The van der Waals surface area contributed by atoms with Crippen molar-refractivity contribution in [1.82, 2.24) is 20.1 Å². The van der Waals surface area contributed by atoms with Gasteiger partial charge in [-0.25, -0.2) is 4.79 Å². The molecule has 1 atom stereocenters. The van der Waals surface area contributed by atoms with Crippen molar-refractivity contribution in [2.45, 2.75) is 30.8 Å². The van der Waals surface area contributed by atoms with E-state index in [1.165, 1.54) is 0 Å². The fourth-order valence-electron chi connectivity index (χ4n) is 3.58. The Kier molecular flexibility index (Phi) is 8.56. The number of rotatable bonds is 8. The summed E-state index contributed by atoms with van der Waals surface area (Å²) in [7, 11) is 1.65. The van der Waals surface area contributed by atoms with Crippen LogP contribution in [0.5, 0.6) is 5.75 Å². The average Bonchev–Trinajstić information content (AvgIpc) is 3.29. The van der Waals surface area contributed by atoms with Crippen molar-refractivity contribution >= 4 is 51.0 Å². The Balaban J connectivity index is 1.60. The van der Waals surface area contributed by atoms with E-state index in [0.29, 0.717) is 27.4 Å². The van der Waals surface area contributed by atoms with Gasteiger partial charge in [0.25, 0.3) is 0 Å². The number of carbonyl (C=O) groups is 1. The van der Waals surface area contributed by atoms with E-state index in [-0.39, 0.29) is 6.03 Å². The highest BCUT2D eigenvalue weighted by atomic mass is 79.9. The van der Waals surface area contributed by atoms with E-state index in [2.05, 4.69) is 36.8 Å². The molecule has 4 aromatic rings. The quantitative estimate of drug-likeness (QED) is 0.214. The molecule has 0 spiro atoms. The molecule has 2 N–H and O–H groups in total. The summed E-state index contributed by atoms with van der Waals surface area (Å²) in [4.78, 5) is 12.7. The Hall–Kier alpha value is -3.01. The number of halogens is 2. The summed E-state index contributed by atoms with van der Waals surface area (Å²) in [5, 5.41) is 16.0. The van der Waals surface area contributed by atoms with Crippen molar-refractivity contribution in [3.05, 3.63) is 93.2 Å². The molecule has 0 saturated heterocycles. The zero-order valence-electron chi connectivity index (χ0n) is 20.0. The monoisotopic (exact) mass is 585 g/mol. The van der Waals surface area contributed by atoms with Crippen LogP contribution < -0.4 is 15.4 Å². The summed E-state index contributed by atoms with van der Waals surface area (Å²) in [5.41, 5.74) is 3.65. The van der Waals surface area contributed by atoms with Crippen LogP contribution in [0.4, 0.5) is 10.5 Å². The maximum absolute atomic E-state index is 12.7. The number of hydrogen-bond acceptors (Lipinski definition) is 5. The predicted octanol–water partition coefficient (Wildman–Crippen LogP) is 7.18. The number of hydrogen-bond donors (Lipinski definition) is 2. The number of methoxy groups -OCH3 is 1. The van der Waals surface area contributed by atoms with Crippen molar-refractivity contribution in [2.75, 3.05) is 12.4 Å². The standard InChI is InChI=1S/C26H25BrClN5O2S/c1-16-7-10-20(28)14-23(16)33-24(17(2)29-25(34)30-21-11-8-19(27)9-12-21)31-32-26(33)36-15-18-5-4-6-22(13-18)35-3/h4-14,17H,15H2,1-3H3,(H2,29,30,34). The second-order valence-electron chi connectivity index (χ2n) is 8.07. The number of aryl methyl sites for hydroxylation is 1. The minimum absolute atomic E-state index is 0.340. The Labute approximate surface area is 227 Å². The van der Waals surface area contributed by atoms with E-state index in [9.17, 15) is 4.79 Å². The summed E-state index contributed by atoms with van der Waals surface area (Å²) in [6, 6.07) is 20.2. The van der Waals surface area contributed by atoms with Gasteiger partial charge >= 0.3 is 6.03 Å². The topological polar surface area (TPSA) is 81.1 Å². The van der Waals surface area contributed by atoms with E-state index in [1.807, 2.05) is 85.1 Å². The van der Waals surface area contributed by atoms with Crippen molar-refractivity contribution in [3.63, 3.8) is 0 Å². The molecule has 1 unspecified atom stereocenters. The van der Waals surface area contributed by atoms with Crippen LogP contribution in [0.3, 0.4) is 0 Å². The van der Waals surface area contributed by atoms with Gasteiger partial charge < -0.3 is 15.4 Å². The maximum atomic E-state index is 12.7. The molecule has 186 valence electrons. The highest BCUT2D eigenvalue weighted by molar-refractivity contribution is 9.10. The van der Waals surface area contributed by atoms with Crippen LogP contribution in [0.1, 0.15) is 29.9 Å².